The first-order chi connectivity index (χ1) is 22.7. The highest BCUT2D eigenvalue weighted by molar-refractivity contribution is 7.85. The van der Waals surface area contributed by atoms with Crippen LogP contribution in [0, 0.1) is 5.41 Å². The van der Waals surface area contributed by atoms with Gasteiger partial charge in [-0.05, 0) is 49.3 Å². The lowest BCUT2D eigenvalue weighted by atomic mass is 10.0. The highest BCUT2D eigenvalue weighted by Crippen LogP contribution is 2.20. The van der Waals surface area contributed by atoms with E-state index in [1.807, 2.05) is 74.6 Å². The normalized spacial score (nSPS) is 12.9. The smallest absolute Gasteiger partial charge is 0.261 e. The molecule has 0 aliphatic carbocycles. The van der Waals surface area contributed by atoms with E-state index in [9.17, 15) is 22.8 Å². The van der Waals surface area contributed by atoms with Crippen LogP contribution in [0.3, 0.4) is 0 Å². The maximum atomic E-state index is 13.9. The van der Waals surface area contributed by atoms with E-state index in [0.717, 1.165) is 34.9 Å². The molecule has 0 bridgehead atoms. The molecule has 14 nitrogen and oxygen atoms in total. The molecule has 3 aromatic rings. The van der Waals surface area contributed by atoms with Gasteiger partial charge in [0.25, 0.3) is 10.1 Å². The van der Waals surface area contributed by atoms with Crippen molar-refractivity contribution in [3.05, 3.63) is 71.9 Å². The number of aromatic nitrogens is 1. The fraction of sp³-hybridized carbons (Fsp3) is 0.455. The number of fused-ring (bicyclic) bond motifs is 1. The van der Waals surface area contributed by atoms with Crippen LogP contribution in [0.5, 0.6) is 0 Å². The highest BCUT2D eigenvalue weighted by Gasteiger charge is 2.31. The Morgan fingerprint density at radius 2 is 1.52 bits per heavy atom. The van der Waals surface area contributed by atoms with Crippen LogP contribution in [-0.2, 0) is 37.3 Å². The third-order valence-corrected chi connectivity index (χ3v) is 7.27. The third-order valence-electron chi connectivity index (χ3n) is 7.27. The maximum absolute atomic E-state index is 13.9. The molecule has 1 heterocycles. The number of aromatic amines is 1. The Hall–Kier alpha value is -4.47. The Balaban J connectivity index is 0.00000149. The fourth-order valence-corrected chi connectivity index (χ4v) is 5.12. The van der Waals surface area contributed by atoms with Crippen molar-refractivity contribution in [2.24, 2.45) is 11.5 Å². The molecular weight excluding hydrogens is 636 g/mol. The van der Waals surface area contributed by atoms with Crippen LogP contribution in [0.1, 0.15) is 50.7 Å². The Morgan fingerprint density at radius 3 is 2.12 bits per heavy atom. The minimum Gasteiger partial charge on any atom is -0.370 e. The molecule has 1 aromatic heterocycles. The topological polar surface area (TPSA) is 237 Å². The molecule has 0 saturated carbocycles. The van der Waals surface area contributed by atoms with Crippen LogP contribution in [0.2, 0.25) is 0 Å². The van der Waals surface area contributed by atoms with E-state index in [2.05, 4.69) is 20.9 Å². The van der Waals surface area contributed by atoms with Gasteiger partial charge in [0.15, 0.2) is 5.96 Å². The van der Waals surface area contributed by atoms with E-state index in [4.69, 9.17) is 21.4 Å². The van der Waals surface area contributed by atoms with Gasteiger partial charge in [-0.15, -0.1) is 0 Å². The number of nitrogens with zero attached hydrogens (tertiary/aromatic N) is 1. The zero-order valence-electron chi connectivity index (χ0n) is 27.9. The molecule has 10 N–H and O–H groups in total. The predicted molar refractivity (Wildman–Crippen MR) is 188 cm³/mol. The van der Waals surface area contributed by atoms with Gasteiger partial charge in [0.2, 0.25) is 17.7 Å². The summed E-state index contributed by atoms with van der Waals surface area (Å²) >= 11 is 0. The maximum Gasteiger partial charge on any atom is 0.261 e. The third kappa shape index (κ3) is 14.5. The Labute approximate surface area is 282 Å². The number of hydrogen-bond donors (Lipinski definition) is 8. The van der Waals surface area contributed by atoms with Crippen molar-refractivity contribution in [2.45, 2.75) is 70.5 Å². The standard InChI is InChI=1S/C32H46N8O3.CH4O3S/c1-3-17-40(18-4-2)31(43)28(20-23-21-37-26-14-9-8-13-24(23)26)39-30(42)27(15-10-16-36-32(34)35)38-29(41)25(33)19-22-11-6-5-7-12-22;1-5(2,3)4/h5-9,11-14,21,25,27-28,37H,3-4,10,15-20,33H2,1-2H3,(H,38,41)(H,39,42)(H4,34,35,36);1H3,(H,2,3,4)/t25-,27+,28-;/m1./s1. The molecule has 2 aromatic carbocycles. The zero-order valence-corrected chi connectivity index (χ0v) is 28.7. The highest BCUT2D eigenvalue weighted by atomic mass is 32.2. The van der Waals surface area contributed by atoms with E-state index in [-0.39, 0.29) is 18.3 Å². The molecule has 48 heavy (non-hydrogen) atoms. The van der Waals surface area contributed by atoms with Crippen LogP contribution in [0.15, 0.2) is 60.8 Å². The molecule has 3 rings (SSSR count). The van der Waals surface area contributed by atoms with Crippen molar-refractivity contribution in [3.63, 3.8) is 0 Å². The number of H-pyrrole nitrogens is 1. The van der Waals surface area contributed by atoms with Crippen molar-refractivity contribution in [1.82, 2.24) is 25.8 Å². The van der Waals surface area contributed by atoms with Crippen LogP contribution in [0.25, 0.3) is 10.9 Å². The van der Waals surface area contributed by atoms with E-state index in [0.29, 0.717) is 45.2 Å². The van der Waals surface area contributed by atoms with E-state index >= 15 is 0 Å². The second-order valence-corrected chi connectivity index (χ2v) is 13.0. The molecular formula is C33H50N8O6S. The lowest BCUT2D eigenvalue weighted by molar-refractivity contribution is -0.137. The number of amides is 3. The fourth-order valence-electron chi connectivity index (χ4n) is 5.12. The van der Waals surface area contributed by atoms with Crippen molar-refractivity contribution in [1.29, 1.82) is 5.41 Å². The van der Waals surface area contributed by atoms with Crippen LogP contribution < -0.4 is 27.4 Å². The predicted octanol–water partition coefficient (Wildman–Crippen LogP) is 1.67. The van der Waals surface area contributed by atoms with Crippen molar-refractivity contribution >= 4 is 44.7 Å². The van der Waals surface area contributed by atoms with Gasteiger partial charge >= 0.3 is 0 Å². The van der Waals surface area contributed by atoms with Gasteiger partial charge in [0, 0.05) is 43.2 Å². The number of guanidine groups is 1. The first kappa shape index (κ1) is 39.7. The first-order valence-corrected chi connectivity index (χ1v) is 17.8. The lowest BCUT2D eigenvalue weighted by Crippen LogP contribution is -2.57. The van der Waals surface area contributed by atoms with Gasteiger partial charge in [0.05, 0.1) is 12.3 Å². The number of carbonyl (C=O) groups excluding carboxylic acids is 3. The summed E-state index contributed by atoms with van der Waals surface area (Å²) in [6.45, 7) is 5.55. The van der Waals surface area contributed by atoms with Crippen LogP contribution >= 0.6 is 0 Å². The molecule has 0 fully saturated rings. The molecule has 0 unspecified atom stereocenters. The summed E-state index contributed by atoms with van der Waals surface area (Å²) in [5, 5.41) is 16.9. The molecule has 15 heteroatoms. The average molecular weight is 687 g/mol. The number of rotatable bonds is 17. The number of nitrogens with one attached hydrogen (secondary N) is 5. The Kier molecular flexibility index (Phi) is 16.6. The van der Waals surface area contributed by atoms with Gasteiger partial charge in [-0.25, -0.2) is 0 Å². The summed E-state index contributed by atoms with van der Waals surface area (Å²) < 4.78 is 25.9. The van der Waals surface area contributed by atoms with E-state index in [1.54, 1.807) is 4.90 Å². The van der Waals surface area contributed by atoms with Gasteiger partial charge < -0.3 is 37.3 Å². The quantitative estimate of drug-likeness (QED) is 0.0446. The molecule has 0 aliphatic heterocycles. The summed E-state index contributed by atoms with van der Waals surface area (Å²) in [4.78, 5) is 45.8. The number of hydrogen-bond acceptors (Lipinski definition) is 7. The van der Waals surface area contributed by atoms with Crippen molar-refractivity contribution < 1.29 is 27.4 Å². The molecule has 0 radical (unpaired) electrons. The van der Waals surface area contributed by atoms with Gasteiger partial charge in [-0.3, -0.25) is 24.3 Å². The summed E-state index contributed by atoms with van der Waals surface area (Å²) in [6, 6.07) is 14.6. The molecule has 0 aliphatic rings. The Bertz CT molecular complexity index is 1570. The zero-order chi connectivity index (χ0) is 35.7. The minimum absolute atomic E-state index is 0.161. The monoisotopic (exact) mass is 686 g/mol. The van der Waals surface area contributed by atoms with Crippen molar-refractivity contribution in [2.75, 3.05) is 25.9 Å². The lowest BCUT2D eigenvalue weighted by Gasteiger charge is -2.29. The number of benzene rings is 2. The van der Waals surface area contributed by atoms with Gasteiger partial charge in [-0.2, -0.15) is 8.42 Å². The molecule has 0 spiro atoms. The largest absolute Gasteiger partial charge is 0.370 e. The van der Waals surface area contributed by atoms with Crippen LogP contribution in [-0.4, -0.2) is 90.6 Å². The van der Waals surface area contributed by atoms with Crippen LogP contribution in [0.4, 0.5) is 0 Å². The average Bonchev–Trinajstić information content (AvgIpc) is 3.43. The first-order valence-electron chi connectivity index (χ1n) is 16.0. The molecule has 3 atom stereocenters. The second kappa shape index (κ2) is 20.0. The summed E-state index contributed by atoms with van der Waals surface area (Å²) in [5.74, 6) is -1.26. The second-order valence-electron chi connectivity index (χ2n) is 11.5. The summed E-state index contributed by atoms with van der Waals surface area (Å²) in [7, 11) is -3.67. The number of carbonyl (C=O) groups is 3. The summed E-state index contributed by atoms with van der Waals surface area (Å²) in [5.41, 5.74) is 14.4. The number of para-hydroxylation sites is 1. The van der Waals surface area contributed by atoms with E-state index in [1.165, 1.54) is 0 Å². The summed E-state index contributed by atoms with van der Waals surface area (Å²) in [6.07, 6.45) is 5.49. The molecule has 0 saturated heterocycles. The minimum atomic E-state index is -3.67. The molecule has 264 valence electrons. The van der Waals surface area contributed by atoms with Gasteiger partial charge in [0.1, 0.15) is 12.1 Å². The number of nitrogens with two attached hydrogens (primary N) is 2. The van der Waals surface area contributed by atoms with Gasteiger partial charge in [-0.1, -0.05) is 62.4 Å². The molecule has 3 amide bonds. The SMILES string of the molecule is CCCN(CCC)C(=O)[C@@H](Cc1c[nH]c2ccccc12)NC(=O)[C@H](CCCNC(=N)N)NC(=O)[C@H](N)Cc1ccccc1.CS(=O)(=O)O. The van der Waals surface area contributed by atoms with E-state index < -0.39 is 40.1 Å². The Morgan fingerprint density at radius 1 is 0.938 bits per heavy atom. The van der Waals surface area contributed by atoms with Crippen molar-refractivity contribution in [3.8, 4) is 0 Å².